The number of fused-ring (bicyclic) bond motifs is 6. The second-order valence-corrected chi connectivity index (χ2v) is 12.2. The van der Waals surface area contributed by atoms with Gasteiger partial charge in [-0.3, -0.25) is 0 Å². The minimum absolute atomic E-state index is 0.233. The van der Waals surface area contributed by atoms with Crippen LogP contribution in [-0.2, 0) is 0 Å². The quantitative estimate of drug-likeness (QED) is 0.375. The van der Waals surface area contributed by atoms with Crippen molar-refractivity contribution in [1.82, 2.24) is 14.5 Å². The predicted octanol–water partition coefficient (Wildman–Crippen LogP) is 7.35. The normalized spacial score (nSPS) is 36.9. The number of hydrogen-bond acceptors (Lipinski definition) is 4. The predicted molar refractivity (Wildman–Crippen MR) is 138 cm³/mol. The topological polar surface area (TPSA) is 39.9 Å². The first-order valence-corrected chi connectivity index (χ1v) is 13.9. The van der Waals surface area contributed by atoms with Crippen molar-refractivity contribution < 1.29 is 4.74 Å². The lowest BCUT2D eigenvalue weighted by Gasteiger charge is -2.57. The van der Waals surface area contributed by atoms with Gasteiger partial charge >= 0.3 is 0 Å². The fourth-order valence-corrected chi connectivity index (χ4v) is 8.69. The van der Waals surface area contributed by atoms with Crippen LogP contribution in [0.5, 0.6) is 5.88 Å². The highest BCUT2D eigenvalue weighted by Crippen LogP contribution is 2.65. The summed E-state index contributed by atoms with van der Waals surface area (Å²) in [5, 5.41) is 2.02. The molecule has 4 aliphatic rings. The van der Waals surface area contributed by atoms with E-state index in [2.05, 4.69) is 66.1 Å². The first-order valence-electron chi connectivity index (χ1n) is 12.9. The molecule has 6 atom stereocenters. The van der Waals surface area contributed by atoms with Crippen molar-refractivity contribution in [3.05, 3.63) is 59.2 Å². The van der Waals surface area contributed by atoms with Gasteiger partial charge in [-0.2, -0.15) is 0 Å². The Balaban J connectivity index is 1.16. The van der Waals surface area contributed by atoms with Gasteiger partial charge in [-0.1, -0.05) is 43.7 Å². The summed E-state index contributed by atoms with van der Waals surface area (Å²) in [6.07, 6.45) is 16.0. The number of nitrogens with zero attached hydrogens (tertiary/aromatic N) is 3. The molecule has 5 heteroatoms. The van der Waals surface area contributed by atoms with E-state index < -0.39 is 0 Å². The number of thiazole rings is 1. The molecule has 0 radical (unpaired) electrons. The zero-order valence-corrected chi connectivity index (χ0v) is 20.9. The van der Waals surface area contributed by atoms with Gasteiger partial charge < -0.3 is 9.30 Å². The van der Waals surface area contributed by atoms with Crippen LogP contribution in [0.1, 0.15) is 58.8 Å². The summed E-state index contributed by atoms with van der Waals surface area (Å²) in [5.41, 5.74) is 7.92. The monoisotopic (exact) mass is 471 g/mol. The molecule has 4 nitrogen and oxygen atoms in total. The van der Waals surface area contributed by atoms with Crippen LogP contribution < -0.4 is 4.74 Å². The number of ether oxygens (including phenoxy) is 1. The summed E-state index contributed by atoms with van der Waals surface area (Å²) in [5.74, 6) is 3.09. The maximum Gasteiger partial charge on any atom is 0.224 e. The molecule has 0 spiro atoms. The smallest absolute Gasteiger partial charge is 0.224 e. The maximum absolute atomic E-state index is 6.24. The third-order valence-electron chi connectivity index (χ3n) is 10.0. The van der Waals surface area contributed by atoms with E-state index in [1.165, 1.54) is 43.3 Å². The van der Waals surface area contributed by atoms with Gasteiger partial charge in [-0.25, -0.2) is 9.97 Å². The zero-order valence-electron chi connectivity index (χ0n) is 20.1. The Kier molecular flexibility index (Phi) is 4.65. The van der Waals surface area contributed by atoms with Gasteiger partial charge in [0.15, 0.2) is 0 Å². The van der Waals surface area contributed by atoms with E-state index in [0.717, 1.165) is 42.0 Å². The molecule has 0 amide bonds. The highest BCUT2D eigenvalue weighted by molar-refractivity contribution is 7.07. The summed E-state index contributed by atoms with van der Waals surface area (Å²) in [6, 6.07) is 8.56. The molecule has 0 saturated heterocycles. The Bertz CT molecular complexity index is 1290. The Labute approximate surface area is 205 Å². The van der Waals surface area contributed by atoms with Gasteiger partial charge in [0.2, 0.25) is 5.88 Å². The number of allylic oxidation sites excluding steroid dienone is 3. The van der Waals surface area contributed by atoms with Crippen LogP contribution in [0, 0.1) is 28.6 Å². The Morgan fingerprint density at radius 1 is 1.00 bits per heavy atom. The summed E-state index contributed by atoms with van der Waals surface area (Å²) < 4.78 is 8.63. The molecule has 176 valence electrons. The average molecular weight is 472 g/mol. The van der Waals surface area contributed by atoms with Crippen LogP contribution in [0.3, 0.4) is 0 Å². The van der Waals surface area contributed by atoms with E-state index >= 15 is 0 Å². The average Bonchev–Trinajstić information content (AvgIpc) is 3.57. The van der Waals surface area contributed by atoms with Gasteiger partial charge in [0, 0.05) is 17.5 Å². The fraction of sp³-hybridized carbons (Fsp3) is 0.517. The number of rotatable bonds is 3. The van der Waals surface area contributed by atoms with Crippen molar-refractivity contribution >= 4 is 28.1 Å². The minimum atomic E-state index is 0.233. The molecule has 7 rings (SSSR count). The molecule has 4 aliphatic carbocycles. The minimum Gasteiger partial charge on any atom is -0.473 e. The third kappa shape index (κ3) is 2.95. The van der Waals surface area contributed by atoms with Crippen LogP contribution in [0.15, 0.2) is 59.2 Å². The first-order chi connectivity index (χ1) is 16.6. The lowest BCUT2D eigenvalue weighted by molar-refractivity contribution is -0.0225. The Morgan fingerprint density at radius 3 is 2.76 bits per heavy atom. The lowest BCUT2D eigenvalue weighted by atomic mass is 9.47. The summed E-state index contributed by atoms with van der Waals surface area (Å²) in [4.78, 5) is 9.06. The number of imidazole rings is 1. The van der Waals surface area contributed by atoms with Gasteiger partial charge in [-0.15, -0.1) is 11.3 Å². The van der Waals surface area contributed by atoms with E-state index in [4.69, 9.17) is 9.72 Å². The van der Waals surface area contributed by atoms with E-state index in [0.29, 0.717) is 5.41 Å². The molecule has 2 fully saturated rings. The van der Waals surface area contributed by atoms with Gasteiger partial charge in [0.05, 0.1) is 21.9 Å². The molecule has 2 aromatic heterocycles. The zero-order chi connectivity index (χ0) is 22.9. The molecule has 3 aromatic rings. The van der Waals surface area contributed by atoms with Crippen LogP contribution >= 0.6 is 11.3 Å². The van der Waals surface area contributed by atoms with Crippen molar-refractivity contribution in [2.24, 2.45) is 28.6 Å². The van der Waals surface area contributed by atoms with Crippen molar-refractivity contribution in [3.63, 3.8) is 0 Å². The van der Waals surface area contributed by atoms with Crippen LogP contribution in [0.4, 0.5) is 0 Å². The summed E-state index contributed by atoms with van der Waals surface area (Å²) in [7, 11) is 0. The second kappa shape index (κ2) is 7.55. The van der Waals surface area contributed by atoms with Crippen LogP contribution in [0.25, 0.3) is 16.7 Å². The molecular weight excluding hydrogens is 438 g/mol. The molecule has 1 aromatic carbocycles. The molecular formula is C29H33N3OS. The van der Waals surface area contributed by atoms with Gasteiger partial charge in [-0.05, 0) is 73.8 Å². The third-order valence-corrected chi connectivity index (χ3v) is 10.6. The standard InChI is InChI=1S/C29H33N3OS/c1-28-13-11-20(33-27-16-34-18-31-27)15-19(28)7-8-21-22-9-10-26(29(22,2)14-12-23(21)28)32-17-30-24-5-3-4-6-25(24)32/h3-7,10,16-18,20-23H,8-9,11-15H2,1-2H3/t20-,21-,22-,23-,28-,29-/m0/s1. The number of para-hydroxylation sites is 2. The van der Waals surface area contributed by atoms with E-state index in [9.17, 15) is 0 Å². The molecule has 2 heterocycles. The molecule has 0 aliphatic heterocycles. The van der Waals surface area contributed by atoms with Crippen molar-refractivity contribution in [1.29, 1.82) is 0 Å². The van der Waals surface area contributed by atoms with Gasteiger partial charge in [0.1, 0.15) is 12.4 Å². The fourth-order valence-electron chi connectivity index (χ4n) is 8.23. The van der Waals surface area contributed by atoms with Crippen molar-refractivity contribution in [2.75, 3.05) is 0 Å². The molecule has 0 N–H and O–H groups in total. The number of aromatic nitrogens is 3. The van der Waals surface area contributed by atoms with E-state index in [-0.39, 0.29) is 11.5 Å². The van der Waals surface area contributed by atoms with Gasteiger partial charge in [0.25, 0.3) is 0 Å². The Morgan fingerprint density at radius 2 is 1.88 bits per heavy atom. The van der Waals surface area contributed by atoms with Crippen molar-refractivity contribution in [3.8, 4) is 5.88 Å². The molecule has 0 bridgehead atoms. The number of hydrogen-bond donors (Lipinski definition) is 0. The molecule has 2 saturated carbocycles. The van der Waals surface area contributed by atoms with E-state index in [1.807, 2.05) is 10.9 Å². The van der Waals surface area contributed by atoms with E-state index in [1.54, 1.807) is 16.9 Å². The highest BCUT2D eigenvalue weighted by Gasteiger charge is 2.57. The molecule has 0 unspecified atom stereocenters. The largest absolute Gasteiger partial charge is 0.473 e. The van der Waals surface area contributed by atoms with Crippen molar-refractivity contribution in [2.45, 2.75) is 64.9 Å². The summed E-state index contributed by atoms with van der Waals surface area (Å²) in [6.45, 7) is 5.12. The second-order valence-electron chi connectivity index (χ2n) is 11.5. The highest BCUT2D eigenvalue weighted by atomic mass is 32.1. The first kappa shape index (κ1) is 20.9. The van der Waals surface area contributed by atoms with Crippen LogP contribution in [-0.4, -0.2) is 20.6 Å². The maximum atomic E-state index is 6.24. The molecule has 34 heavy (non-hydrogen) atoms. The lowest BCUT2D eigenvalue weighted by Crippen LogP contribution is -2.50. The summed E-state index contributed by atoms with van der Waals surface area (Å²) >= 11 is 1.61. The Hall–Kier alpha value is -2.40. The number of benzene rings is 1. The van der Waals surface area contributed by atoms with Crippen LogP contribution in [0.2, 0.25) is 0 Å². The SMILES string of the molecule is C[C@]12CC[C@H](Oc3cscn3)CC1=CC[C@@H]1[C@@H]2CC[C@]2(C)C(n3cnc4ccccc43)=CC[C@@H]12.